The molecule has 1 aliphatic rings. The van der Waals surface area contributed by atoms with E-state index in [0.29, 0.717) is 26.3 Å². The molecule has 9 nitrogen and oxygen atoms in total. The third-order valence-corrected chi connectivity index (χ3v) is 3.91. The summed E-state index contributed by atoms with van der Waals surface area (Å²) in [5.41, 5.74) is 0.472. The highest BCUT2D eigenvalue weighted by Gasteiger charge is 2.23. The minimum atomic E-state index is -0.644. The van der Waals surface area contributed by atoms with Crippen LogP contribution in [-0.4, -0.2) is 75.1 Å². The number of aliphatic hydroxyl groups excluding tert-OH is 1. The van der Waals surface area contributed by atoms with E-state index < -0.39 is 18.0 Å². The summed E-state index contributed by atoms with van der Waals surface area (Å²) < 4.78 is 14.7. The van der Waals surface area contributed by atoms with Crippen LogP contribution < -0.4 is 5.32 Å². The van der Waals surface area contributed by atoms with Crippen LogP contribution in [-0.2, 0) is 14.2 Å². The molecule has 1 heterocycles. The van der Waals surface area contributed by atoms with Crippen LogP contribution in [0.25, 0.3) is 0 Å². The molecular weight excluding hydrogens is 344 g/mol. The highest BCUT2D eigenvalue weighted by Crippen LogP contribution is 2.18. The Morgan fingerprint density at radius 3 is 2.35 bits per heavy atom. The van der Waals surface area contributed by atoms with Crippen molar-refractivity contribution in [2.24, 2.45) is 5.92 Å². The van der Waals surface area contributed by atoms with Gasteiger partial charge in [0.25, 0.3) is 0 Å². The summed E-state index contributed by atoms with van der Waals surface area (Å²) in [6.07, 6.45) is 0. The van der Waals surface area contributed by atoms with Gasteiger partial charge >= 0.3 is 18.0 Å². The fourth-order valence-corrected chi connectivity index (χ4v) is 2.55. The van der Waals surface area contributed by atoms with Crippen LogP contribution in [0, 0.1) is 5.92 Å². The summed E-state index contributed by atoms with van der Waals surface area (Å²) in [6, 6.07) is 3.73. The van der Waals surface area contributed by atoms with E-state index in [-0.39, 0.29) is 29.3 Å². The van der Waals surface area contributed by atoms with E-state index in [9.17, 15) is 19.5 Å². The number of urea groups is 1. The van der Waals surface area contributed by atoms with Gasteiger partial charge in [-0.3, -0.25) is 0 Å². The van der Waals surface area contributed by atoms with Crippen molar-refractivity contribution in [1.82, 2.24) is 4.90 Å². The van der Waals surface area contributed by atoms with Gasteiger partial charge in [-0.2, -0.15) is 0 Å². The van der Waals surface area contributed by atoms with Gasteiger partial charge in [-0.05, 0) is 18.2 Å². The van der Waals surface area contributed by atoms with Crippen molar-refractivity contribution < 1.29 is 33.7 Å². The molecule has 1 atom stereocenters. The number of anilines is 1. The summed E-state index contributed by atoms with van der Waals surface area (Å²) in [4.78, 5) is 37.6. The molecule has 1 saturated heterocycles. The van der Waals surface area contributed by atoms with Gasteiger partial charge in [-0.25, -0.2) is 14.4 Å². The van der Waals surface area contributed by atoms with Crippen LogP contribution in [0.3, 0.4) is 0 Å². The molecule has 0 bridgehead atoms. The van der Waals surface area contributed by atoms with Gasteiger partial charge in [0.2, 0.25) is 0 Å². The summed E-state index contributed by atoms with van der Waals surface area (Å²) >= 11 is 0. The largest absolute Gasteiger partial charge is 0.465 e. The molecule has 1 aliphatic heterocycles. The van der Waals surface area contributed by atoms with Gasteiger partial charge in [0.05, 0.1) is 38.6 Å². The SMILES string of the molecule is COC(=O)c1cc(NC(=O)N2CCOC[C@H](CO)C2)cc(C(=O)OC)c1. The third-order valence-electron chi connectivity index (χ3n) is 3.91. The zero-order valence-corrected chi connectivity index (χ0v) is 14.7. The Hall–Kier alpha value is -2.65. The van der Waals surface area contributed by atoms with E-state index >= 15 is 0 Å². The van der Waals surface area contributed by atoms with E-state index in [4.69, 9.17) is 4.74 Å². The Morgan fingerprint density at radius 2 is 1.81 bits per heavy atom. The number of nitrogens with zero attached hydrogens (tertiary/aromatic N) is 1. The summed E-state index contributed by atoms with van der Waals surface area (Å²) in [7, 11) is 2.44. The molecule has 1 fully saturated rings. The standard InChI is InChI=1S/C17H22N2O7/c1-24-15(21)12-5-13(16(22)25-2)7-14(6-12)18-17(23)19-3-4-26-10-11(8-19)9-20/h5-7,11,20H,3-4,8-10H2,1-2H3,(H,18,23)/t11-/m0/s1. The number of carbonyl (C=O) groups is 3. The van der Waals surface area contributed by atoms with Crippen molar-refractivity contribution >= 4 is 23.7 Å². The molecule has 2 amide bonds. The molecule has 26 heavy (non-hydrogen) atoms. The lowest BCUT2D eigenvalue weighted by Gasteiger charge is -2.23. The molecule has 0 aromatic heterocycles. The number of rotatable bonds is 4. The number of carbonyl (C=O) groups excluding carboxylic acids is 3. The van der Waals surface area contributed by atoms with E-state index in [1.807, 2.05) is 0 Å². The molecule has 0 unspecified atom stereocenters. The smallest absolute Gasteiger partial charge is 0.337 e. The van der Waals surface area contributed by atoms with E-state index in [1.54, 1.807) is 0 Å². The molecule has 0 radical (unpaired) electrons. The van der Waals surface area contributed by atoms with Gasteiger partial charge in [0.15, 0.2) is 0 Å². The van der Waals surface area contributed by atoms with Crippen LogP contribution in [0.2, 0.25) is 0 Å². The first-order chi connectivity index (χ1) is 12.5. The Kier molecular flexibility index (Phi) is 6.93. The fraction of sp³-hybridized carbons (Fsp3) is 0.471. The second-order valence-electron chi connectivity index (χ2n) is 5.78. The molecule has 0 aliphatic carbocycles. The van der Waals surface area contributed by atoms with Crippen LogP contribution >= 0.6 is 0 Å². The molecule has 142 valence electrons. The fourth-order valence-electron chi connectivity index (χ4n) is 2.55. The molecule has 0 saturated carbocycles. The average Bonchev–Trinajstić information content (AvgIpc) is 2.92. The maximum absolute atomic E-state index is 12.5. The molecule has 9 heteroatoms. The second kappa shape index (κ2) is 9.16. The number of ether oxygens (including phenoxy) is 3. The Balaban J connectivity index is 2.22. The zero-order valence-electron chi connectivity index (χ0n) is 14.7. The van der Waals surface area contributed by atoms with Crippen LogP contribution in [0.4, 0.5) is 10.5 Å². The first-order valence-electron chi connectivity index (χ1n) is 8.04. The van der Waals surface area contributed by atoms with Crippen LogP contribution in [0.15, 0.2) is 18.2 Å². The maximum Gasteiger partial charge on any atom is 0.337 e. The first kappa shape index (κ1) is 19.7. The van der Waals surface area contributed by atoms with Crippen molar-refractivity contribution in [1.29, 1.82) is 0 Å². The number of aliphatic hydroxyl groups is 1. The maximum atomic E-state index is 12.5. The Bertz CT molecular complexity index is 643. The van der Waals surface area contributed by atoms with Crippen molar-refractivity contribution in [3.8, 4) is 0 Å². The van der Waals surface area contributed by atoms with Gasteiger partial charge in [0, 0.05) is 31.3 Å². The number of hydrogen-bond donors (Lipinski definition) is 2. The number of esters is 2. The summed E-state index contributed by atoms with van der Waals surface area (Å²) in [5, 5.41) is 12.0. The second-order valence-corrected chi connectivity index (χ2v) is 5.78. The van der Waals surface area contributed by atoms with Crippen LogP contribution in [0.1, 0.15) is 20.7 Å². The number of methoxy groups -OCH3 is 2. The minimum Gasteiger partial charge on any atom is -0.465 e. The highest BCUT2D eigenvalue weighted by atomic mass is 16.5. The molecule has 1 aromatic rings. The predicted octanol–water partition coefficient (Wildman–Crippen LogP) is 0.732. The highest BCUT2D eigenvalue weighted by molar-refractivity contribution is 5.99. The van der Waals surface area contributed by atoms with Crippen molar-refractivity contribution in [2.45, 2.75) is 0 Å². The summed E-state index contributed by atoms with van der Waals surface area (Å²) in [5.74, 6) is -1.46. The first-order valence-corrected chi connectivity index (χ1v) is 8.04. The molecule has 2 rings (SSSR count). The quantitative estimate of drug-likeness (QED) is 0.755. The lowest BCUT2D eigenvalue weighted by molar-refractivity contribution is 0.0599. The minimum absolute atomic E-state index is 0.0892. The van der Waals surface area contributed by atoms with Crippen LogP contribution in [0.5, 0.6) is 0 Å². The average molecular weight is 366 g/mol. The lowest BCUT2D eigenvalue weighted by atomic mass is 10.1. The predicted molar refractivity (Wildman–Crippen MR) is 91.1 cm³/mol. The number of amides is 2. The molecule has 1 aromatic carbocycles. The van der Waals surface area contributed by atoms with Crippen molar-refractivity contribution in [3.05, 3.63) is 29.3 Å². The summed E-state index contributed by atoms with van der Waals surface area (Å²) in [6.45, 7) is 1.35. The number of hydrogen-bond acceptors (Lipinski definition) is 7. The van der Waals surface area contributed by atoms with Gasteiger partial charge in [-0.15, -0.1) is 0 Å². The Labute approximate surface area is 150 Å². The monoisotopic (exact) mass is 366 g/mol. The lowest BCUT2D eigenvalue weighted by Crippen LogP contribution is -2.39. The third kappa shape index (κ3) is 4.93. The topological polar surface area (TPSA) is 114 Å². The van der Waals surface area contributed by atoms with E-state index in [2.05, 4.69) is 14.8 Å². The van der Waals surface area contributed by atoms with Gasteiger partial charge in [-0.1, -0.05) is 0 Å². The van der Waals surface area contributed by atoms with Crippen molar-refractivity contribution in [3.63, 3.8) is 0 Å². The van der Waals surface area contributed by atoms with E-state index in [0.717, 1.165) is 0 Å². The zero-order chi connectivity index (χ0) is 19.1. The Morgan fingerprint density at radius 1 is 1.19 bits per heavy atom. The molecular formula is C17H22N2O7. The number of benzene rings is 1. The van der Waals surface area contributed by atoms with E-state index in [1.165, 1.54) is 37.3 Å². The van der Waals surface area contributed by atoms with Gasteiger partial charge < -0.3 is 29.5 Å². The molecule has 0 spiro atoms. The normalized spacial score (nSPS) is 17.2. The van der Waals surface area contributed by atoms with Crippen molar-refractivity contribution in [2.75, 3.05) is 52.4 Å². The van der Waals surface area contributed by atoms with Gasteiger partial charge in [0.1, 0.15) is 0 Å². The number of nitrogens with one attached hydrogen (secondary N) is 1. The molecule has 2 N–H and O–H groups in total.